The Labute approximate surface area is 67.9 Å². The molecule has 2 heteroatoms. The van der Waals surface area contributed by atoms with Gasteiger partial charge in [-0.2, -0.15) is 0 Å². The zero-order valence-electron chi connectivity index (χ0n) is 7.26. The van der Waals surface area contributed by atoms with Gasteiger partial charge in [-0.25, -0.2) is 0 Å². The van der Waals surface area contributed by atoms with Crippen molar-refractivity contribution in [2.45, 2.75) is 33.3 Å². The van der Waals surface area contributed by atoms with Gasteiger partial charge in [-0.15, -0.1) is 12.3 Å². The molecule has 0 aromatic rings. The third-order valence-electron chi connectivity index (χ3n) is 1.18. The number of rotatable bonds is 3. The van der Waals surface area contributed by atoms with Crippen LogP contribution in [0.5, 0.6) is 0 Å². The molecule has 0 heterocycles. The highest BCUT2D eigenvalue weighted by Crippen LogP contribution is 2.04. The van der Waals surface area contributed by atoms with Crippen LogP contribution < -0.4 is 0 Å². The van der Waals surface area contributed by atoms with E-state index in [9.17, 15) is 4.79 Å². The summed E-state index contributed by atoms with van der Waals surface area (Å²) in [7, 11) is 0. The van der Waals surface area contributed by atoms with Crippen molar-refractivity contribution in [2.24, 2.45) is 5.92 Å². The molecule has 0 aliphatic rings. The molecule has 0 aromatic heterocycles. The molecule has 0 aliphatic carbocycles. The van der Waals surface area contributed by atoms with Crippen molar-refractivity contribution < 1.29 is 9.53 Å². The van der Waals surface area contributed by atoms with Gasteiger partial charge in [0, 0.05) is 6.42 Å². The number of terminal acetylenes is 1. The van der Waals surface area contributed by atoms with E-state index >= 15 is 0 Å². The molecule has 0 aliphatic heterocycles. The average Bonchev–Trinajstić information content (AvgIpc) is 1.86. The average molecular weight is 154 g/mol. The number of esters is 1. The first-order valence-electron chi connectivity index (χ1n) is 3.72. The van der Waals surface area contributed by atoms with Crippen LogP contribution in [-0.2, 0) is 9.53 Å². The summed E-state index contributed by atoms with van der Waals surface area (Å²) in [6, 6.07) is 0. The lowest BCUT2D eigenvalue weighted by atomic mass is 10.1. The van der Waals surface area contributed by atoms with Crippen molar-refractivity contribution in [2.75, 3.05) is 0 Å². The maximum atomic E-state index is 11.0. The van der Waals surface area contributed by atoms with Crippen LogP contribution in [0.2, 0.25) is 0 Å². The standard InChI is InChI=1S/C9H14O2/c1-5-6-8(4)9(10)11-7(2)3/h1,7-8H,6H2,2-4H3. The van der Waals surface area contributed by atoms with E-state index in [1.165, 1.54) is 0 Å². The maximum Gasteiger partial charge on any atom is 0.309 e. The van der Waals surface area contributed by atoms with Gasteiger partial charge in [-0.05, 0) is 13.8 Å². The fourth-order valence-corrected chi connectivity index (χ4v) is 0.609. The smallest absolute Gasteiger partial charge is 0.309 e. The second kappa shape index (κ2) is 4.79. The number of hydrogen-bond acceptors (Lipinski definition) is 2. The van der Waals surface area contributed by atoms with Gasteiger partial charge in [-0.3, -0.25) is 4.79 Å². The molecular formula is C9H14O2. The Morgan fingerprint density at radius 3 is 2.45 bits per heavy atom. The summed E-state index contributed by atoms with van der Waals surface area (Å²) in [5.74, 6) is 2.03. The predicted octanol–water partition coefficient (Wildman–Crippen LogP) is 1.60. The van der Waals surface area contributed by atoms with E-state index in [0.29, 0.717) is 6.42 Å². The van der Waals surface area contributed by atoms with E-state index in [0.717, 1.165) is 0 Å². The molecule has 0 fully saturated rings. The van der Waals surface area contributed by atoms with E-state index in [1.807, 2.05) is 13.8 Å². The fraction of sp³-hybridized carbons (Fsp3) is 0.667. The highest BCUT2D eigenvalue weighted by atomic mass is 16.5. The SMILES string of the molecule is C#CCC(C)C(=O)OC(C)C. The van der Waals surface area contributed by atoms with Gasteiger partial charge in [0.15, 0.2) is 0 Å². The monoisotopic (exact) mass is 154 g/mol. The molecule has 11 heavy (non-hydrogen) atoms. The van der Waals surface area contributed by atoms with E-state index in [1.54, 1.807) is 6.92 Å². The Bertz CT molecular complexity index is 165. The lowest BCUT2D eigenvalue weighted by Gasteiger charge is -2.10. The van der Waals surface area contributed by atoms with Crippen molar-refractivity contribution in [3.05, 3.63) is 0 Å². The molecule has 0 saturated heterocycles. The molecule has 2 nitrogen and oxygen atoms in total. The van der Waals surface area contributed by atoms with Gasteiger partial charge in [-0.1, -0.05) is 6.92 Å². The summed E-state index contributed by atoms with van der Waals surface area (Å²) in [5, 5.41) is 0. The van der Waals surface area contributed by atoms with Gasteiger partial charge in [0.05, 0.1) is 12.0 Å². The van der Waals surface area contributed by atoms with Gasteiger partial charge in [0.1, 0.15) is 0 Å². The van der Waals surface area contributed by atoms with Gasteiger partial charge >= 0.3 is 5.97 Å². The molecule has 0 amide bonds. The third-order valence-corrected chi connectivity index (χ3v) is 1.18. The minimum absolute atomic E-state index is 0.0530. The van der Waals surface area contributed by atoms with Gasteiger partial charge in [0.25, 0.3) is 0 Å². The van der Waals surface area contributed by atoms with Crippen molar-refractivity contribution in [1.82, 2.24) is 0 Å². The number of carbonyl (C=O) groups excluding carboxylic acids is 1. The molecular weight excluding hydrogens is 140 g/mol. The van der Waals surface area contributed by atoms with E-state index in [-0.39, 0.29) is 18.0 Å². The maximum absolute atomic E-state index is 11.0. The van der Waals surface area contributed by atoms with E-state index in [4.69, 9.17) is 11.2 Å². The number of ether oxygens (including phenoxy) is 1. The highest BCUT2D eigenvalue weighted by Gasteiger charge is 2.13. The van der Waals surface area contributed by atoms with Crippen LogP contribution in [0.15, 0.2) is 0 Å². The summed E-state index contributed by atoms with van der Waals surface area (Å²) in [6.07, 6.45) is 5.44. The predicted molar refractivity (Wildman–Crippen MR) is 43.8 cm³/mol. The lowest BCUT2D eigenvalue weighted by Crippen LogP contribution is -2.18. The lowest BCUT2D eigenvalue weighted by molar-refractivity contribution is -0.151. The highest BCUT2D eigenvalue weighted by molar-refractivity contribution is 5.72. The quantitative estimate of drug-likeness (QED) is 0.456. The van der Waals surface area contributed by atoms with Crippen LogP contribution in [-0.4, -0.2) is 12.1 Å². The molecule has 1 unspecified atom stereocenters. The first-order chi connectivity index (χ1) is 5.07. The Hall–Kier alpha value is -0.970. The molecule has 0 aromatic carbocycles. The summed E-state index contributed by atoms with van der Waals surface area (Å²) in [6.45, 7) is 5.41. The Balaban J connectivity index is 3.75. The second-order valence-corrected chi connectivity index (χ2v) is 2.79. The fourth-order valence-electron chi connectivity index (χ4n) is 0.609. The van der Waals surface area contributed by atoms with Crippen LogP contribution in [0.4, 0.5) is 0 Å². The van der Waals surface area contributed by atoms with Crippen LogP contribution >= 0.6 is 0 Å². The van der Waals surface area contributed by atoms with E-state index < -0.39 is 0 Å². The third kappa shape index (κ3) is 4.44. The minimum atomic E-state index is -0.210. The zero-order chi connectivity index (χ0) is 8.85. The normalized spacial score (nSPS) is 12.3. The van der Waals surface area contributed by atoms with Crippen LogP contribution in [0.3, 0.4) is 0 Å². The summed E-state index contributed by atoms with van der Waals surface area (Å²) < 4.78 is 4.93. The molecule has 0 saturated carbocycles. The van der Waals surface area contributed by atoms with Crippen molar-refractivity contribution in [1.29, 1.82) is 0 Å². The Morgan fingerprint density at radius 2 is 2.09 bits per heavy atom. The molecule has 0 spiro atoms. The van der Waals surface area contributed by atoms with Crippen LogP contribution in [0.25, 0.3) is 0 Å². The Kier molecular flexibility index (Phi) is 4.36. The van der Waals surface area contributed by atoms with E-state index in [2.05, 4.69) is 5.92 Å². The van der Waals surface area contributed by atoms with Gasteiger partial charge in [0.2, 0.25) is 0 Å². The summed E-state index contributed by atoms with van der Waals surface area (Å²) in [5.41, 5.74) is 0. The zero-order valence-corrected chi connectivity index (χ0v) is 7.26. The van der Waals surface area contributed by atoms with Crippen molar-refractivity contribution >= 4 is 5.97 Å². The summed E-state index contributed by atoms with van der Waals surface area (Å²) in [4.78, 5) is 11.0. The number of hydrogen-bond donors (Lipinski definition) is 0. The molecule has 0 N–H and O–H groups in total. The van der Waals surface area contributed by atoms with Crippen LogP contribution in [0, 0.1) is 18.3 Å². The first-order valence-corrected chi connectivity index (χ1v) is 3.72. The van der Waals surface area contributed by atoms with Crippen molar-refractivity contribution in [3.63, 3.8) is 0 Å². The molecule has 62 valence electrons. The molecule has 0 radical (unpaired) electrons. The second-order valence-electron chi connectivity index (χ2n) is 2.79. The minimum Gasteiger partial charge on any atom is -0.463 e. The topological polar surface area (TPSA) is 26.3 Å². The number of carbonyl (C=O) groups is 1. The summed E-state index contributed by atoms with van der Waals surface area (Å²) >= 11 is 0. The molecule has 1 atom stereocenters. The first kappa shape index (κ1) is 10.0. The molecule has 0 rings (SSSR count). The molecule has 0 bridgehead atoms. The largest absolute Gasteiger partial charge is 0.463 e. The van der Waals surface area contributed by atoms with Gasteiger partial charge < -0.3 is 4.74 Å². The van der Waals surface area contributed by atoms with Crippen molar-refractivity contribution in [3.8, 4) is 12.3 Å². The van der Waals surface area contributed by atoms with Crippen LogP contribution in [0.1, 0.15) is 27.2 Å². The Morgan fingerprint density at radius 1 is 1.55 bits per heavy atom.